The van der Waals surface area contributed by atoms with Gasteiger partial charge in [-0.25, -0.2) is 0 Å². The number of carbonyl (C=O) groups is 4. The van der Waals surface area contributed by atoms with Crippen molar-refractivity contribution in [2.24, 2.45) is 11.8 Å². The molecular weight excluding hydrogens is 691 g/mol. The van der Waals surface area contributed by atoms with Crippen LogP contribution < -0.4 is 21.3 Å². The molecule has 0 heterocycles. The van der Waals surface area contributed by atoms with Crippen LogP contribution in [0.2, 0.25) is 10.0 Å². The van der Waals surface area contributed by atoms with Crippen molar-refractivity contribution < 1.29 is 29.4 Å². The van der Waals surface area contributed by atoms with Crippen molar-refractivity contribution in [3.05, 3.63) is 106 Å². The predicted molar refractivity (Wildman–Crippen MR) is 200 cm³/mol. The lowest BCUT2D eigenvalue weighted by atomic mass is 9.85. The van der Waals surface area contributed by atoms with Crippen LogP contribution in [0.1, 0.15) is 56.1 Å². The summed E-state index contributed by atoms with van der Waals surface area (Å²) < 4.78 is 0. The van der Waals surface area contributed by atoms with Gasteiger partial charge in [-0.15, -0.1) is 0 Å². The Balaban J connectivity index is 0.000000198. The highest BCUT2D eigenvalue weighted by atomic mass is 35.5. The number of aromatic hydroxyl groups is 2. The maximum absolute atomic E-state index is 12.2. The number of benzene rings is 4. The molecule has 4 amide bonds. The number of phenolic OH excluding ortho intramolecular Hbond substituents is 2. The molecule has 0 radical (unpaired) electrons. The first-order valence-electron chi connectivity index (χ1n) is 16.9. The molecule has 0 unspecified atom stereocenters. The van der Waals surface area contributed by atoms with Gasteiger partial charge in [0.15, 0.2) is 11.5 Å². The van der Waals surface area contributed by atoms with Crippen LogP contribution in [0.4, 0.5) is 22.7 Å². The van der Waals surface area contributed by atoms with Gasteiger partial charge in [-0.3, -0.25) is 19.2 Å². The summed E-state index contributed by atoms with van der Waals surface area (Å²) in [6, 6.07) is 25.4. The molecule has 4 aromatic carbocycles. The highest BCUT2D eigenvalue weighted by Gasteiger charge is 2.30. The molecule has 0 aliphatic heterocycles. The summed E-state index contributed by atoms with van der Waals surface area (Å²) in [4.78, 5) is 48.3. The minimum Gasteiger partial charge on any atom is -0.504 e. The summed E-state index contributed by atoms with van der Waals surface area (Å²) in [5, 5.41) is 31.1. The van der Waals surface area contributed by atoms with Crippen molar-refractivity contribution in [2.45, 2.75) is 57.8 Å². The summed E-state index contributed by atoms with van der Waals surface area (Å²) in [6.07, 6.45) is 6.38. The molecule has 0 spiro atoms. The van der Waals surface area contributed by atoms with Crippen LogP contribution in [0.25, 0.3) is 0 Å². The van der Waals surface area contributed by atoms with Gasteiger partial charge in [0.1, 0.15) is 0 Å². The number of nitrogens with one attached hydrogen (secondary N) is 4. The molecular formula is C39H40Cl2N4O6. The van der Waals surface area contributed by atoms with Gasteiger partial charge in [0.25, 0.3) is 0 Å². The second kappa shape index (κ2) is 17.7. The molecule has 2 aliphatic carbocycles. The number of rotatable bonds is 12. The summed E-state index contributed by atoms with van der Waals surface area (Å²) in [6.45, 7) is 0. The number of aryl methyl sites for hydroxylation is 2. The van der Waals surface area contributed by atoms with Gasteiger partial charge in [-0.1, -0.05) is 90.3 Å². The Bertz CT molecular complexity index is 1860. The van der Waals surface area contributed by atoms with E-state index in [0.717, 1.165) is 43.2 Å². The maximum Gasteiger partial charge on any atom is 0.227 e. The van der Waals surface area contributed by atoms with Gasteiger partial charge < -0.3 is 31.5 Å². The molecule has 4 aromatic rings. The minimum absolute atomic E-state index is 0.00213. The second-order valence-electron chi connectivity index (χ2n) is 12.7. The average molecular weight is 732 g/mol. The van der Waals surface area contributed by atoms with E-state index in [2.05, 4.69) is 21.3 Å². The van der Waals surface area contributed by atoms with Gasteiger partial charge in [0, 0.05) is 36.1 Å². The van der Waals surface area contributed by atoms with E-state index in [9.17, 15) is 29.4 Å². The average Bonchev–Trinajstić information content (AvgIpc) is 3.94. The van der Waals surface area contributed by atoms with Crippen molar-refractivity contribution in [1.82, 2.24) is 0 Å². The second-order valence-corrected chi connectivity index (χ2v) is 13.5. The summed E-state index contributed by atoms with van der Waals surface area (Å²) in [7, 11) is 0. The first-order valence-corrected chi connectivity index (χ1v) is 17.7. The molecule has 2 saturated carbocycles. The SMILES string of the molecule is O=C(CCc1ccccc1)Nc1cc(Cl)c(O)c(NC(=O)C2CC2)c1.O=C(CCc1ccccc1)Nc1cc(Cl)c(O)c(NC(=O)C2CCC2)c1. The molecule has 2 aliphatic rings. The zero-order chi connectivity index (χ0) is 36.3. The molecule has 266 valence electrons. The van der Waals surface area contributed by atoms with Crippen LogP contribution in [-0.2, 0) is 32.0 Å². The monoisotopic (exact) mass is 730 g/mol. The fourth-order valence-corrected chi connectivity index (χ4v) is 5.71. The summed E-state index contributed by atoms with van der Waals surface area (Å²) in [5.74, 6) is -0.995. The molecule has 51 heavy (non-hydrogen) atoms. The standard InChI is InChI=1S/C20H21ClN2O3.C19H19ClN2O3/c21-16-11-15(22-18(24)10-9-13-5-2-1-3-6-13)12-17(19(16)25)23-20(26)14-7-4-8-14;20-15-10-14(11-16(18(15)24)22-19(25)13-7-8-13)21-17(23)9-6-12-4-2-1-3-5-12/h1-3,5-6,11-12,14,25H,4,7-10H2,(H,22,24)(H,23,26);1-5,10-11,13,24H,6-9H2,(H,21,23)(H,22,25). The van der Waals surface area contributed by atoms with Crippen molar-refractivity contribution in [3.63, 3.8) is 0 Å². The van der Waals surface area contributed by atoms with E-state index < -0.39 is 0 Å². The number of amides is 4. The van der Waals surface area contributed by atoms with Crippen molar-refractivity contribution in [1.29, 1.82) is 0 Å². The van der Waals surface area contributed by atoms with E-state index in [-0.39, 0.29) is 68.4 Å². The van der Waals surface area contributed by atoms with Gasteiger partial charge >= 0.3 is 0 Å². The van der Waals surface area contributed by atoms with Crippen molar-refractivity contribution in [3.8, 4) is 11.5 Å². The smallest absolute Gasteiger partial charge is 0.227 e. The van der Waals surface area contributed by atoms with E-state index in [4.69, 9.17) is 23.2 Å². The molecule has 6 rings (SSSR count). The molecule has 0 bridgehead atoms. The lowest BCUT2D eigenvalue weighted by Crippen LogP contribution is -2.28. The van der Waals surface area contributed by atoms with E-state index in [1.165, 1.54) is 24.3 Å². The quantitative estimate of drug-likeness (QED) is 0.0636. The van der Waals surface area contributed by atoms with Crippen LogP contribution in [0, 0.1) is 11.8 Å². The number of phenols is 2. The molecule has 0 aromatic heterocycles. The van der Waals surface area contributed by atoms with Crippen LogP contribution in [0.15, 0.2) is 84.9 Å². The van der Waals surface area contributed by atoms with Crippen LogP contribution in [-0.4, -0.2) is 33.8 Å². The first-order chi connectivity index (χ1) is 24.5. The van der Waals surface area contributed by atoms with E-state index in [1.807, 2.05) is 60.7 Å². The lowest BCUT2D eigenvalue weighted by Gasteiger charge is -2.24. The number of hydrogen-bond donors (Lipinski definition) is 6. The van der Waals surface area contributed by atoms with Gasteiger partial charge in [-0.2, -0.15) is 0 Å². The van der Waals surface area contributed by atoms with Crippen molar-refractivity contribution >= 4 is 69.6 Å². The van der Waals surface area contributed by atoms with E-state index in [1.54, 1.807) is 0 Å². The van der Waals surface area contributed by atoms with Crippen LogP contribution >= 0.6 is 23.2 Å². The Morgan fingerprint density at radius 2 is 0.961 bits per heavy atom. The number of anilines is 4. The Labute approximate surface area is 306 Å². The molecule has 2 fully saturated rings. The molecule has 10 nitrogen and oxygen atoms in total. The zero-order valence-electron chi connectivity index (χ0n) is 27.9. The fraction of sp³-hybridized carbons (Fsp3) is 0.282. The highest BCUT2D eigenvalue weighted by Crippen LogP contribution is 2.38. The molecule has 0 atom stereocenters. The molecule has 12 heteroatoms. The van der Waals surface area contributed by atoms with Gasteiger partial charge in [-0.05, 0) is 73.9 Å². The van der Waals surface area contributed by atoms with Crippen LogP contribution in [0.3, 0.4) is 0 Å². The zero-order valence-corrected chi connectivity index (χ0v) is 29.4. The normalized spacial score (nSPS) is 13.5. The molecule has 0 saturated heterocycles. The third-order valence-corrected chi connectivity index (χ3v) is 9.18. The Morgan fingerprint density at radius 3 is 1.31 bits per heavy atom. The lowest BCUT2D eigenvalue weighted by molar-refractivity contribution is -0.122. The van der Waals surface area contributed by atoms with Gasteiger partial charge in [0.2, 0.25) is 23.6 Å². The topological polar surface area (TPSA) is 157 Å². The predicted octanol–water partition coefficient (Wildman–Crippen LogP) is 8.32. The molecule has 6 N–H and O–H groups in total. The van der Waals surface area contributed by atoms with Crippen LogP contribution in [0.5, 0.6) is 11.5 Å². The third-order valence-electron chi connectivity index (χ3n) is 8.60. The summed E-state index contributed by atoms with van der Waals surface area (Å²) >= 11 is 12.0. The first kappa shape index (κ1) is 37.2. The van der Waals surface area contributed by atoms with Crippen molar-refractivity contribution in [2.75, 3.05) is 21.3 Å². The Kier molecular flexibility index (Phi) is 12.9. The number of halogens is 2. The maximum atomic E-state index is 12.2. The Hall–Kier alpha value is -5.06. The number of carbonyl (C=O) groups excluding carboxylic acids is 4. The number of hydrogen-bond acceptors (Lipinski definition) is 6. The summed E-state index contributed by atoms with van der Waals surface area (Å²) in [5.41, 5.74) is 3.47. The van der Waals surface area contributed by atoms with Gasteiger partial charge in [0.05, 0.1) is 21.4 Å². The van der Waals surface area contributed by atoms with E-state index in [0.29, 0.717) is 37.1 Å². The largest absolute Gasteiger partial charge is 0.504 e. The minimum atomic E-state index is -0.196. The fourth-order valence-electron chi connectivity index (χ4n) is 5.27. The highest BCUT2D eigenvalue weighted by molar-refractivity contribution is 6.33. The third kappa shape index (κ3) is 11.2. The van der Waals surface area contributed by atoms with E-state index >= 15 is 0 Å². The Morgan fingerprint density at radius 1 is 0.569 bits per heavy atom.